The van der Waals surface area contributed by atoms with Crippen molar-refractivity contribution in [2.75, 3.05) is 12.3 Å². The minimum Gasteiger partial charge on any atom is -0.480 e. The lowest BCUT2D eigenvalue weighted by atomic mass is 10.3. The van der Waals surface area contributed by atoms with E-state index in [1.807, 2.05) is 30.3 Å². The fourth-order valence-electron chi connectivity index (χ4n) is 1.16. The van der Waals surface area contributed by atoms with E-state index in [1.165, 1.54) is 6.92 Å². The first-order chi connectivity index (χ1) is 8.59. The van der Waals surface area contributed by atoms with Crippen molar-refractivity contribution in [3.05, 3.63) is 30.3 Å². The van der Waals surface area contributed by atoms with Crippen molar-refractivity contribution in [1.29, 1.82) is 0 Å². The van der Waals surface area contributed by atoms with E-state index < -0.39 is 18.0 Å². The number of rotatable bonds is 6. The molecule has 3 N–H and O–H groups in total. The maximum absolute atomic E-state index is 11.3. The van der Waals surface area contributed by atoms with Crippen LogP contribution in [0, 0.1) is 0 Å². The Morgan fingerprint density at radius 3 is 2.61 bits per heavy atom. The van der Waals surface area contributed by atoms with Gasteiger partial charge in [-0.25, -0.2) is 4.79 Å². The fourth-order valence-corrected chi connectivity index (χ4v) is 1.95. The fraction of sp³-hybridized carbons (Fsp3) is 0.333. The highest BCUT2D eigenvalue weighted by molar-refractivity contribution is 7.99. The zero-order valence-corrected chi connectivity index (χ0v) is 10.9. The molecule has 6 heteroatoms. The highest BCUT2D eigenvalue weighted by Gasteiger charge is 2.12. The molecule has 0 heterocycles. The molecule has 0 aromatic heterocycles. The van der Waals surface area contributed by atoms with Gasteiger partial charge in [0, 0.05) is 17.2 Å². The average molecular weight is 268 g/mol. The summed E-state index contributed by atoms with van der Waals surface area (Å²) in [5.74, 6) is -0.317. The Kier molecular flexibility index (Phi) is 6.07. The summed E-state index contributed by atoms with van der Waals surface area (Å²) in [6, 6.07) is 8.51. The molecule has 0 bridgehead atoms. The minimum absolute atomic E-state index is 0.460. The number of hydrogen-bond acceptors (Lipinski definition) is 3. The van der Waals surface area contributed by atoms with Gasteiger partial charge >= 0.3 is 12.0 Å². The summed E-state index contributed by atoms with van der Waals surface area (Å²) >= 11 is 1.63. The summed E-state index contributed by atoms with van der Waals surface area (Å²) in [4.78, 5) is 22.9. The van der Waals surface area contributed by atoms with Crippen LogP contribution in [0.5, 0.6) is 0 Å². The topological polar surface area (TPSA) is 78.4 Å². The lowest BCUT2D eigenvalue weighted by molar-refractivity contribution is -0.138. The third-order valence-corrected chi connectivity index (χ3v) is 3.13. The van der Waals surface area contributed by atoms with Crippen LogP contribution >= 0.6 is 11.8 Å². The van der Waals surface area contributed by atoms with E-state index in [4.69, 9.17) is 5.11 Å². The largest absolute Gasteiger partial charge is 0.480 e. The Hall–Kier alpha value is -1.69. The monoisotopic (exact) mass is 268 g/mol. The molecule has 0 saturated heterocycles. The van der Waals surface area contributed by atoms with Crippen molar-refractivity contribution in [3.8, 4) is 0 Å². The second-order valence-electron chi connectivity index (χ2n) is 3.62. The number of hydrogen-bond donors (Lipinski definition) is 3. The molecule has 0 aliphatic heterocycles. The zero-order valence-electron chi connectivity index (χ0n) is 10.1. The van der Waals surface area contributed by atoms with E-state index >= 15 is 0 Å². The van der Waals surface area contributed by atoms with Crippen LogP contribution in [0.25, 0.3) is 0 Å². The van der Waals surface area contributed by atoms with Crippen molar-refractivity contribution < 1.29 is 14.7 Å². The molecule has 0 saturated carbocycles. The third-order valence-electron chi connectivity index (χ3n) is 2.12. The van der Waals surface area contributed by atoms with Crippen molar-refractivity contribution in [1.82, 2.24) is 10.6 Å². The second-order valence-corrected chi connectivity index (χ2v) is 4.79. The molecule has 0 aliphatic carbocycles. The first kappa shape index (κ1) is 14.4. The Labute approximate surface area is 110 Å². The van der Waals surface area contributed by atoms with Crippen LogP contribution in [0.2, 0.25) is 0 Å². The number of carboxylic acids is 1. The highest BCUT2D eigenvalue weighted by atomic mass is 32.2. The molecule has 1 aromatic carbocycles. The Morgan fingerprint density at radius 2 is 2.00 bits per heavy atom. The number of benzene rings is 1. The predicted molar refractivity (Wildman–Crippen MR) is 70.8 cm³/mol. The summed E-state index contributed by atoms with van der Waals surface area (Å²) in [5, 5.41) is 13.5. The molecular formula is C12H16N2O3S. The molecule has 1 aromatic rings. The van der Waals surface area contributed by atoms with E-state index in [2.05, 4.69) is 10.6 Å². The predicted octanol–water partition coefficient (Wildman–Crippen LogP) is 1.55. The van der Waals surface area contributed by atoms with Crippen molar-refractivity contribution in [2.24, 2.45) is 0 Å². The van der Waals surface area contributed by atoms with Gasteiger partial charge in [-0.3, -0.25) is 4.79 Å². The van der Waals surface area contributed by atoms with Gasteiger partial charge < -0.3 is 15.7 Å². The maximum Gasteiger partial charge on any atom is 0.325 e. The van der Waals surface area contributed by atoms with Crippen LogP contribution in [0.1, 0.15) is 6.92 Å². The van der Waals surface area contributed by atoms with Crippen LogP contribution < -0.4 is 10.6 Å². The van der Waals surface area contributed by atoms with Crippen LogP contribution in [-0.2, 0) is 4.79 Å². The van der Waals surface area contributed by atoms with Crippen LogP contribution in [0.15, 0.2) is 35.2 Å². The van der Waals surface area contributed by atoms with E-state index in [9.17, 15) is 9.59 Å². The first-order valence-electron chi connectivity index (χ1n) is 5.54. The van der Waals surface area contributed by atoms with Gasteiger partial charge in [0.1, 0.15) is 6.04 Å². The van der Waals surface area contributed by atoms with Gasteiger partial charge in [0.2, 0.25) is 0 Å². The van der Waals surface area contributed by atoms with Crippen molar-refractivity contribution in [2.45, 2.75) is 17.9 Å². The van der Waals surface area contributed by atoms with E-state index in [0.29, 0.717) is 6.54 Å². The number of nitrogens with one attached hydrogen (secondary N) is 2. The molecule has 1 rings (SSSR count). The lowest BCUT2D eigenvalue weighted by Crippen LogP contribution is -2.44. The zero-order chi connectivity index (χ0) is 13.4. The number of carbonyl (C=O) groups is 2. The smallest absolute Gasteiger partial charge is 0.325 e. The molecule has 1 atom stereocenters. The quantitative estimate of drug-likeness (QED) is 0.540. The van der Waals surface area contributed by atoms with Crippen LogP contribution in [0.3, 0.4) is 0 Å². The van der Waals surface area contributed by atoms with Crippen LogP contribution in [0.4, 0.5) is 4.79 Å². The minimum atomic E-state index is -1.05. The molecule has 0 spiro atoms. The van der Waals surface area contributed by atoms with Crippen LogP contribution in [-0.4, -0.2) is 35.4 Å². The van der Waals surface area contributed by atoms with Gasteiger partial charge in [0.15, 0.2) is 0 Å². The standard InChI is InChI=1S/C12H16N2O3S/c1-9(11(15)16)14-12(17)13-7-8-18-10-5-3-2-4-6-10/h2-6,9H,7-8H2,1H3,(H,15,16)(H2,13,14,17). The SMILES string of the molecule is CC(NC(=O)NCCSc1ccccc1)C(=O)O. The number of carboxylic acid groups (broad SMARTS) is 1. The average Bonchev–Trinajstić information content (AvgIpc) is 2.35. The number of thioether (sulfide) groups is 1. The van der Waals surface area contributed by atoms with Gasteiger partial charge in [-0.05, 0) is 19.1 Å². The Balaban J connectivity index is 2.14. The van der Waals surface area contributed by atoms with E-state index in [-0.39, 0.29) is 0 Å². The summed E-state index contributed by atoms with van der Waals surface area (Å²) < 4.78 is 0. The molecule has 0 fully saturated rings. The van der Waals surface area contributed by atoms with Crippen molar-refractivity contribution in [3.63, 3.8) is 0 Å². The molecule has 2 amide bonds. The van der Waals surface area contributed by atoms with Gasteiger partial charge in [-0.15, -0.1) is 11.8 Å². The summed E-state index contributed by atoms with van der Waals surface area (Å²) in [5.41, 5.74) is 0. The Morgan fingerprint density at radius 1 is 1.33 bits per heavy atom. The summed E-state index contributed by atoms with van der Waals surface area (Å²) in [6.07, 6.45) is 0. The third kappa shape index (κ3) is 5.58. The van der Waals surface area contributed by atoms with E-state index in [1.54, 1.807) is 11.8 Å². The summed E-state index contributed by atoms with van der Waals surface area (Å²) in [7, 11) is 0. The molecule has 1 unspecified atom stereocenters. The number of carbonyl (C=O) groups excluding carboxylic acids is 1. The van der Waals surface area contributed by atoms with Gasteiger partial charge in [-0.2, -0.15) is 0 Å². The maximum atomic E-state index is 11.3. The number of amides is 2. The molecule has 5 nitrogen and oxygen atoms in total. The molecule has 0 radical (unpaired) electrons. The van der Waals surface area contributed by atoms with E-state index in [0.717, 1.165) is 10.6 Å². The molecule has 0 aliphatic rings. The van der Waals surface area contributed by atoms with Crippen molar-refractivity contribution >= 4 is 23.8 Å². The first-order valence-corrected chi connectivity index (χ1v) is 6.53. The molecular weight excluding hydrogens is 252 g/mol. The molecule has 18 heavy (non-hydrogen) atoms. The molecule has 98 valence electrons. The van der Waals surface area contributed by atoms with Gasteiger partial charge in [0.05, 0.1) is 0 Å². The second kappa shape index (κ2) is 7.60. The van der Waals surface area contributed by atoms with Gasteiger partial charge in [0.25, 0.3) is 0 Å². The normalized spacial score (nSPS) is 11.6. The number of aliphatic carboxylic acids is 1. The number of urea groups is 1. The highest BCUT2D eigenvalue weighted by Crippen LogP contribution is 2.15. The summed E-state index contributed by atoms with van der Waals surface area (Å²) in [6.45, 7) is 1.90. The van der Waals surface area contributed by atoms with Gasteiger partial charge in [-0.1, -0.05) is 18.2 Å². The lowest BCUT2D eigenvalue weighted by Gasteiger charge is -2.10. The Bertz CT molecular complexity index is 398.